The quantitative estimate of drug-likeness (QED) is 0.660. The molecule has 15 heavy (non-hydrogen) atoms. The van der Waals surface area contributed by atoms with E-state index in [2.05, 4.69) is 0 Å². The molecule has 0 aliphatic heterocycles. The van der Waals surface area contributed by atoms with Crippen LogP contribution in [0.15, 0.2) is 30.3 Å². The summed E-state index contributed by atoms with van der Waals surface area (Å²) in [5.41, 5.74) is 0. The number of hydrogen-bond acceptors (Lipinski definition) is 1. The van der Waals surface area contributed by atoms with Gasteiger partial charge in [-0.15, -0.1) is 0 Å². The van der Waals surface area contributed by atoms with Gasteiger partial charge in [0, 0.05) is 0 Å². The average molecular weight is 295 g/mol. The number of rotatable bonds is 4. The Morgan fingerprint density at radius 1 is 1.13 bits per heavy atom. The first-order valence-corrected chi connectivity index (χ1v) is 12.0. The van der Waals surface area contributed by atoms with E-state index in [1.54, 1.807) is 0 Å². The average Bonchev–Trinajstić information content (AvgIpc) is 2.20. The van der Waals surface area contributed by atoms with Crippen molar-refractivity contribution in [2.75, 3.05) is 0 Å². The molecule has 0 atom stereocenters. The fourth-order valence-corrected chi connectivity index (χ4v) is 12.9. The molecule has 0 amide bonds. The molecule has 0 radical (unpaired) electrons. The molecule has 0 aliphatic carbocycles. The Bertz CT molecular complexity index is 356. The fourth-order valence-electron chi connectivity index (χ4n) is 1.68. The second kappa shape index (κ2) is 4.82. The Hall–Kier alpha value is -0.111. The summed E-state index contributed by atoms with van der Waals surface area (Å²) in [6, 6.07) is 9.28. The van der Waals surface area contributed by atoms with Crippen LogP contribution in [-0.4, -0.2) is 22.2 Å². The van der Waals surface area contributed by atoms with Crippen molar-refractivity contribution in [3.05, 3.63) is 30.3 Å². The standard InChI is InChI=1S/C10H17O3PSe/c1-3-15(4-2,14(11,12)13)10-8-6-5-7-9-10/h5-9H,3-4H2,1-2H3,(H2,11,12,13). The number of hydrogen-bond donors (Lipinski definition) is 2. The van der Waals surface area contributed by atoms with Crippen molar-refractivity contribution in [3.63, 3.8) is 0 Å². The first-order valence-electron chi connectivity index (χ1n) is 4.87. The fraction of sp³-hybridized carbons (Fsp3) is 0.400. The molecule has 0 aromatic heterocycles. The SMILES string of the molecule is CC[Se](CC)(c1ccccc1)P(=O)(O)O. The van der Waals surface area contributed by atoms with Gasteiger partial charge in [0.25, 0.3) is 0 Å². The minimum atomic E-state index is -3.97. The first-order chi connectivity index (χ1) is 6.98. The second-order valence-corrected chi connectivity index (χ2v) is 17.8. The monoisotopic (exact) mass is 296 g/mol. The van der Waals surface area contributed by atoms with Crippen molar-refractivity contribution >= 4 is 23.1 Å². The molecule has 5 heteroatoms. The van der Waals surface area contributed by atoms with Crippen LogP contribution < -0.4 is 4.46 Å². The molecule has 0 saturated carbocycles. The van der Waals surface area contributed by atoms with Crippen molar-refractivity contribution in [2.24, 2.45) is 0 Å². The Kier molecular flexibility index (Phi) is 4.16. The molecule has 86 valence electrons. The van der Waals surface area contributed by atoms with Crippen molar-refractivity contribution < 1.29 is 14.4 Å². The molecule has 1 aromatic carbocycles. The summed E-state index contributed by atoms with van der Waals surface area (Å²) < 4.78 is 12.6. The van der Waals surface area contributed by atoms with Crippen molar-refractivity contribution in [2.45, 2.75) is 24.5 Å². The summed E-state index contributed by atoms with van der Waals surface area (Å²) >= 11 is -2.86. The first kappa shape index (κ1) is 13.0. The van der Waals surface area contributed by atoms with E-state index in [1.165, 1.54) is 0 Å². The van der Waals surface area contributed by atoms with Crippen LogP contribution in [0.4, 0.5) is 0 Å². The van der Waals surface area contributed by atoms with E-state index in [-0.39, 0.29) is 0 Å². The van der Waals surface area contributed by atoms with Crippen LogP contribution in [0.25, 0.3) is 0 Å². The zero-order valence-electron chi connectivity index (χ0n) is 8.96. The van der Waals surface area contributed by atoms with Crippen molar-refractivity contribution in [1.29, 1.82) is 0 Å². The van der Waals surface area contributed by atoms with Gasteiger partial charge in [0.2, 0.25) is 0 Å². The van der Waals surface area contributed by atoms with Gasteiger partial charge in [0.05, 0.1) is 0 Å². The summed E-state index contributed by atoms with van der Waals surface area (Å²) in [6.07, 6.45) is -3.97. The Labute approximate surface area is 92.5 Å². The molecule has 2 N–H and O–H groups in total. The van der Waals surface area contributed by atoms with Crippen LogP contribution in [0, 0.1) is 0 Å². The van der Waals surface area contributed by atoms with Gasteiger partial charge in [0.15, 0.2) is 0 Å². The van der Waals surface area contributed by atoms with Crippen molar-refractivity contribution in [1.82, 2.24) is 0 Å². The molecule has 1 rings (SSSR count). The molecule has 0 heterocycles. The normalized spacial score (nSPS) is 13.9. The maximum atomic E-state index is 11.7. The van der Waals surface area contributed by atoms with Gasteiger partial charge in [-0.2, -0.15) is 0 Å². The summed E-state index contributed by atoms with van der Waals surface area (Å²) in [6.45, 7) is 3.77. The van der Waals surface area contributed by atoms with E-state index >= 15 is 0 Å². The summed E-state index contributed by atoms with van der Waals surface area (Å²) in [4.78, 5) is 19.1. The van der Waals surface area contributed by atoms with Crippen LogP contribution in [-0.2, 0) is 4.57 Å². The van der Waals surface area contributed by atoms with Crippen LogP contribution in [0.2, 0.25) is 10.6 Å². The van der Waals surface area contributed by atoms with Gasteiger partial charge in [-0.25, -0.2) is 0 Å². The third kappa shape index (κ3) is 2.35. The van der Waals surface area contributed by atoms with Crippen molar-refractivity contribution in [3.8, 4) is 0 Å². The molecule has 0 fully saturated rings. The van der Waals surface area contributed by atoms with Crippen LogP contribution in [0.5, 0.6) is 0 Å². The third-order valence-corrected chi connectivity index (χ3v) is 19.4. The molecule has 3 nitrogen and oxygen atoms in total. The van der Waals surface area contributed by atoms with Crippen LogP contribution in [0.1, 0.15) is 13.8 Å². The van der Waals surface area contributed by atoms with Gasteiger partial charge < -0.3 is 0 Å². The molecule has 0 bridgehead atoms. The number of benzene rings is 1. The predicted octanol–water partition coefficient (Wildman–Crippen LogP) is 2.06. The molecular weight excluding hydrogens is 278 g/mol. The predicted molar refractivity (Wildman–Crippen MR) is 64.8 cm³/mol. The van der Waals surface area contributed by atoms with E-state index < -0.39 is 18.7 Å². The van der Waals surface area contributed by atoms with Crippen LogP contribution >= 0.6 is 6.29 Å². The van der Waals surface area contributed by atoms with Gasteiger partial charge in [-0.1, -0.05) is 0 Å². The maximum absolute atomic E-state index is 11.7. The van der Waals surface area contributed by atoms with E-state index in [9.17, 15) is 14.4 Å². The summed E-state index contributed by atoms with van der Waals surface area (Å²) in [5.74, 6) is 0. The minimum absolute atomic E-state index is 0.599. The Morgan fingerprint density at radius 2 is 1.60 bits per heavy atom. The van der Waals surface area contributed by atoms with E-state index in [4.69, 9.17) is 0 Å². The molecular formula is C10H17O3PSe. The van der Waals surface area contributed by atoms with Gasteiger partial charge in [0.1, 0.15) is 0 Å². The topological polar surface area (TPSA) is 57.5 Å². The molecule has 0 unspecified atom stereocenters. The molecule has 0 spiro atoms. The Morgan fingerprint density at radius 3 is 1.93 bits per heavy atom. The van der Waals surface area contributed by atoms with E-state index in [0.29, 0.717) is 10.6 Å². The molecule has 1 aromatic rings. The van der Waals surface area contributed by atoms with E-state index in [1.807, 2.05) is 44.2 Å². The van der Waals surface area contributed by atoms with Gasteiger partial charge in [-0.05, 0) is 0 Å². The summed E-state index contributed by atoms with van der Waals surface area (Å²) in [7, 11) is 0. The van der Waals surface area contributed by atoms with Gasteiger partial charge >= 0.3 is 92.3 Å². The summed E-state index contributed by atoms with van der Waals surface area (Å²) in [5, 5.41) is 1.20. The van der Waals surface area contributed by atoms with Gasteiger partial charge in [-0.3, -0.25) is 0 Å². The molecule has 0 aliphatic rings. The zero-order chi connectivity index (χ0) is 11.5. The zero-order valence-corrected chi connectivity index (χ0v) is 11.6. The molecule has 0 saturated heterocycles. The third-order valence-electron chi connectivity index (χ3n) is 2.59. The van der Waals surface area contributed by atoms with E-state index in [0.717, 1.165) is 4.46 Å². The Balaban J connectivity index is 3.31. The van der Waals surface area contributed by atoms with Crippen LogP contribution in [0.3, 0.4) is 0 Å². The second-order valence-electron chi connectivity index (χ2n) is 3.22.